The molecule has 0 saturated heterocycles. The van der Waals surface area contributed by atoms with Crippen molar-refractivity contribution in [3.8, 4) is 11.5 Å². The van der Waals surface area contributed by atoms with E-state index in [0.717, 1.165) is 0 Å². The zero-order chi connectivity index (χ0) is 23.5. The van der Waals surface area contributed by atoms with Gasteiger partial charge >= 0.3 is 11.9 Å². The van der Waals surface area contributed by atoms with Gasteiger partial charge in [-0.05, 0) is 55.5 Å². The molecule has 0 aliphatic heterocycles. The van der Waals surface area contributed by atoms with Gasteiger partial charge in [-0.3, -0.25) is 15.0 Å². The Morgan fingerprint density at radius 2 is 1.58 bits per heavy atom. The van der Waals surface area contributed by atoms with Crippen LogP contribution < -0.4 is 31.0 Å². The average Bonchev–Trinajstić information content (AvgIpc) is 3.31. The minimum Gasteiger partial charge on any atom is -0.494 e. The number of para-hydroxylation sites is 1. The molecule has 0 atom stereocenters. The van der Waals surface area contributed by atoms with E-state index < -0.39 is 17.8 Å². The number of rotatable bonds is 9. The summed E-state index contributed by atoms with van der Waals surface area (Å²) in [5, 5.41) is 4.97. The molecule has 0 bridgehead atoms. The highest BCUT2D eigenvalue weighted by atomic mass is 16.5. The number of hydrogen-bond donors (Lipinski definition) is 4. The molecule has 2 aromatic carbocycles. The number of nitrogens with one attached hydrogen (secondary N) is 4. The molecule has 0 saturated carbocycles. The SMILES string of the molecule is CCOc1ccc(NC(=O)CNC(=O)NNC(=O)c2ccc(COc3ccccc3)o2)cc1. The van der Waals surface area contributed by atoms with Crippen LogP contribution in [0.15, 0.2) is 71.1 Å². The van der Waals surface area contributed by atoms with Gasteiger partial charge in [0.25, 0.3) is 0 Å². The smallest absolute Gasteiger partial charge is 0.333 e. The lowest BCUT2D eigenvalue weighted by Gasteiger charge is -2.09. The summed E-state index contributed by atoms with van der Waals surface area (Å²) in [6.45, 7) is 2.28. The predicted octanol–water partition coefficient (Wildman–Crippen LogP) is 2.84. The van der Waals surface area contributed by atoms with E-state index in [1.54, 1.807) is 42.5 Å². The molecule has 33 heavy (non-hydrogen) atoms. The number of carbonyl (C=O) groups is 3. The monoisotopic (exact) mass is 452 g/mol. The topological polar surface area (TPSA) is 131 Å². The molecule has 4 amide bonds. The molecule has 0 fully saturated rings. The first kappa shape index (κ1) is 23.2. The zero-order valence-electron chi connectivity index (χ0n) is 17.9. The Bertz CT molecular complexity index is 1070. The molecule has 0 radical (unpaired) electrons. The third kappa shape index (κ3) is 7.62. The number of urea groups is 1. The Labute approximate surface area is 190 Å². The van der Waals surface area contributed by atoms with Gasteiger partial charge in [0, 0.05) is 5.69 Å². The second kappa shape index (κ2) is 11.8. The lowest BCUT2D eigenvalue weighted by Crippen LogP contribution is -2.48. The van der Waals surface area contributed by atoms with E-state index in [2.05, 4.69) is 21.5 Å². The molecule has 3 rings (SSSR count). The van der Waals surface area contributed by atoms with Crippen molar-refractivity contribution >= 4 is 23.5 Å². The minimum atomic E-state index is -0.760. The van der Waals surface area contributed by atoms with E-state index in [1.165, 1.54) is 6.07 Å². The number of furan rings is 1. The maximum atomic E-state index is 12.1. The van der Waals surface area contributed by atoms with Crippen LogP contribution in [0.4, 0.5) is 10.5 Å². The first-order chi connectivity index (χ1) is 16.0. The number of anilines is 1. The first-order valence-corrected chi connectivity index (χ1v) is 10.2. The molecule has 10 heteroatoms. The highest BCUT2D eigenvalue weighted by Gasteiger charge is 2.13. The Balaban J connectivity index is 1.35. The van der Waals surface area contributed by atoms with Gasteiger partial charge in [-0.25, -0.2) is 10.2 Å². The Morgan fingerprint density at radius 3 is 2.30 bits per heavy atom. The number of ether oxygens (including phenoxy) is 2. The molecule has 0 aliphatic rings. The van der Waals surface area contributed by atoms with Crippen molar-refractivity contribution in [2.45, 2.75) is 13.5 Å². The van der Waals surface area contributed by atoms with Gasteiger partial charge in [-0.2, -0.15) is 0 Å². The third-order valence-corrected chi connectivity index (χ3v) is 4.16. The Hall–Kier alpha value is -4.47. The third-order valence-electron chi connectivity index (χ3n) is 4.16. The second-order valence-electron chi connectivity index (χ2n) is 6.64. The summed E-state index contributed by atoms with van der Waals surface area (Å²) >= 11 is 0. The molecular weight excluding hydrogens is 428 g/mol. The molecule has 0 aliphatic carbocycles. The molecule has 172 valence electrons. The van der Waals surface area contributed by atoms with E-state index in [0.29, 0.717) is 29.6 Å². The first-order valence-electron chi connectivity index (χ1n) is 10.2. The van der Waals surface area contributed by atoms with Crippen molar-refractivity contribution in [1.29, 1.82) is 0 Å². The summed E-state index contributed by atoms with van der Waals surface area (Å²) in [6, 6.07) is 18.3. The van der Waals surface area contributed by atoms with Crippen LogP contribution in [-0.4, -0.2) is 31.0 Å². The van der Waals surface area contributed by atoms with Gasteiger partial charge in [0.1, 0.15) is 23.9 Å². The standard InChI is InChI=1S/C23H24N4O6/c1-2-31-18-10-8-16(9-11-18)25-21(28)14-24-23(30)27-26-22(29)20-13-12-19(33-20)15-32-17-6-4-3-5-7-17/h3-13H,2,14-15H2,1H3,(H,25,28)(H,26,29)(H2,24,27,30). The quantitative estimate of drug-likeness (QED) is 0.369. The van der Waals surface area contributed by atoms with Crippen LogP contribution in [-0.2, 0) is 11.4 Å². The van der Waals surface area contributed by atoms with Crippen molar-refractivity contribution in [3.05, 3.63) is 78.3 Å². The number of hydrogen-bond acceptors (Lipinski definition) is 6. The zero-order valence-corrected chi connectivity index (χ0v) is 17.9. The van der Waals surface area contributed by atoms with Crippen molar-refractivity contribution in [1.82, 2.24) is 16.2 Å². The van der Waals surface area contributed by atoms with Gasteiger partial charge in [-0.1, -0.05) is 18.2 Å². The fourth-order valence-electron chi connectivity index (χ4n) is 2.63. The average molecular weight is 452 g/mol. The Kier molecular flexibility index (Phi) is 8.29. The van der Waals surface area contributed by atoms with Crippen LogP contribution in [0.5, 0.6) is 11.5 Å². The van der Waals surface area contributed by atoms with E-state index >= 15 is 0 Å². The number of carbonyl (C=O) groups excluding carboxylic acids is 3. The fraction of sp³-hybridized carbons (Fsp3) is 0.174. The van der Waals surface area contributed by atoms with Crippen molar-refractivity contribution in [2.75, 3.05) is 18.5 Å². The largest absolute Gasteiger partial charge is 0.494 e. The number of benzene rings is 2. The van der Waals surface area contributed by atoms with Crippen molar-refractivity contribution in [2.24, 2.45) is 0 Å². The Morgan fingerprint density at radius 1 is 0.848 bits per heavy atom. The maximum absolute atomic E-state index is 12.1. The molecule has 1 aromatic heterocycles. The highest BCUT2D eigenvalue weighted by molar-refractivity contribution is 5.95. The van der Waals surface area contributed by atoms with Crippen molar-refractivity contribution in [3.63, 3.8) is 0 Å². The van der Waals surface area contributed by atoms with Crippen LogP contribution in [0, 0.1) is 0 Å². The van der Waals surface area contributed by atoms with Gasteiger partial charge in [0.2, 0.25) is 5.91 Å². The predicted molar refractivity (Wildman–Crippen MR) is 120 cm³/mol. The summed E-state index contributed by atoms with van der Waals surface area (Å²) in [5.74, 6) is 0.709. The van der Waals surface area contributed by atoms with Crippen molar-refractivity contribution < 1.29 is 28.3 Å². The van der Waals surface area contributed by atoms with Crippen LogP contribution >= 0.6 is 0 Å². The van der Waals surface area contributed by atoms with Crippen LogP contribution in [0.1, 0.15) is 23.2 Å². The summed E-state index contributed by atoms with van der Waals surface area (Å²) in [7, 11) is 0. The molecule has 4 N–H and O–H groups in total. The fourth-order valence-corrected chi connectivity index (χ4v) is 2.63. The molecular formula is C23H24N4O6. The van der Waals surface area contributed by atoms with Crippen LogP contribution in [0.25, 0.3) is 0 Å². The van der Waals surface area contributed by atoms with Gasteiger partial charge in [0.15, 0.2) is 5.76 Å². The summed E-state index contributed by atoms with van der Waals surface area (Å²) in [5.41, 5.74) is 4.91. The summed E-state index contributed by atoms with van der Waals surface area (Å²) < 4.78 is 16.3. The van der Waals surface area contributed by atoms with Crippen LogP contribution in [0.2, 0.25) is 0 Å². The maximum Gasteiger partial charge on any atom is 0.333 e. The molecule has 0 unspecified atom stereocenters. The minimum absolute atomic E-state index is 0.00444. The normalized spacial score (nSPS) is 10.1. The van der Waals surface area contributed by atoms with E-state index in [4.69, 9.17) is 13.9 Å². The molecule has 3 aromatic rings. The number of hydrazine groups is 1. The molecule has 0 spiro atoms. The van der Waals surface area contributed by atoms with E-state index in [-0.39, 0.29) is 18.9 Å². The lowest BCUT2D eigenvalue weighted by molar-refractivity contribution is -0.115. The summed E-state index contributed by atoms with van der Waals surface area (Å²) in [4.78, 5) is 35.9. The molecule has 10 nitrogen and oxygen atoms in total. The lowest BCUT2D eigenvalue weighted by atomic mass is 10.3. The highest BCUT2D eigenvalue weighted by Crippen LogP contribution is 2.15. The van der Waals surface area contributed by atoms with Gasteiger partial charge < -0.3 is 24.5 Å². The van der Waals surface area contributed by atoms with Gasteiger partial charge in [-0.15, -0.1) is 0 Å². The van der Waals surface area contributed by atoms with Gasteiger partial charge in [0.05, 0.1) is 13.2 Å². The molecule has 1 heterocycles. The van der Waals surface area contributed by atoms with Crippen LogP contribution in [0.3, 0.4) is 0 Å². The summed E-state index contributed by atoms with van der Waals surface area (Å²) in [6.07, 6.45) is 0. The van der Waals surface area contributed by atoms with E-state index in [9.17, 15) is 14.4 Å². The van der Waals surface area contributed by atoms with E-state index in [1.807, 2.05) is 25.1 Å². The second-order valence-corrected chi connectivity index (χ2v) is 6.64. The number of amides is 4.